The SMILES string of the molecule is C[C@H]1C[C@H]2[C@@H]3CCC4=CC(=O)CC[C@]4(C)C3=CC[C@]2(C)[C@@]1(O)C(=O)COC(=O)c1ccccc1. The van der Waals surface area contributed by atoms with Crippen LogP contribution in [0.5, 0.6) is 0 Å². The van der Waals surface area contributed by atoms with Gasteiger partial charge in [0.05, 0.1) is 5.56 Å². The molecule has 4 aliphatic carbocycles. The van der Waals surface area contributed by atoms with Crippen molar-refractivity contribution < 1.29 is 24.2 Å². The van der Waals surface area contributed by atoms with Crippen molar-refractivity contribution in [3.63, 3.8) is 0 Å². The van der Waals surface area contributed by atoms with Gasteiger partial charge in [-0.3, -0.25) is 9.59 Å². The summed E-state index contributed by atoms with van der Waals surface area (Å²) in [5.74, 6) is -0.482. The van der Waals surface area contributed by atoms with Gasteiger partial charge in [-0.1, -0.05) is 56.2 Å². The molecule has 0 radical (unpaired) electrons. The van der Waals surface area contributed by atoms with Crippen molar-refractivity contribution in [1.29, 1.82) is 0 Å². The molecule has 2 fully saturated rings. The van der Waals surface area contributed by atoms with Crippen LogP contribution in [0.4, 0.5) is 0 Å². The summed E-state index contributed by atoms with van der Waals surface area (Å²) in [6.07, 6.45) is 8.77. The van der Waals surface area contributed by atoms with Crippen LogP contribution in [0, 0.1) is 28.6 Å². The Balaban J connectivity index is 1.41. The molecule has 0 heterocycles. The number of Topliss-reactive ketones (excluding diaryl/α,β-unsaturated/α-hetero) is 1. The molecule has 6 atom stereocenters. The van der Waals surface area contributed by atoms with Crippen LogP contribution >= 0.6 is 0 Å². The van der Waals surface area contributed by atoms with Crippen LogP contribution in [-0.4, -0.2) is 34.9 Å². The Morgan fingerprint density at radius 3 is 2.62 bits per heavy atom. The van der Waals surface area contributed by atoms with Crippen LogP contribution in [0.25, 0.3) is 0 Å². The quantitative estimate of drug-likeness (QED) is 0.511. The molecule has 4 aliphatic rings. The number of hydrogen-bond acceptors (Lipinski definition) is 5. The number of ether oxygens (including phenoxy) is 1. The van der Waals surface area contributed by atoms with E-state index in [2.05, 4.69) is 13.0 Å². The highest BCUT2D eigenvalue weighted by Gasteiger charge is 2.67. The molecule has 180 valence electrons. The Morgan fingerprint density at radius 2 is 1.88 bits per heavy atom. The van der Waals surface area contributed by atoms with Crippen molar-refractivity contribution >= 4 is 17.5 Å². The topological polar surface area (TPSA) is 80.7 Å². The number of esters is 1. The van der Waals surface area contributed by atoms with Gasteiger partial charge in [-0.25, -0.2) is 4.79 Å². The van der Waals surface area contributed by atoms with E-state index in [1.54, 1.807) is 24.3 Å². The van der Waals surface area contributed by atoms with Crippen molar-refractivity contribution in [3.05, 3.63) is 59.2 Å². The first-order chi connectivity index (χ1) is 16.1. The first-order valence-corrected chi connectivity index (χ1v) is 12.5. The number of fused-ring (bicyclic) bond motifs is 5. The van der Waals surface area contributed by atoms with Crippen molar-refractivity contribution in [2.45, 2.75) is 64.9 Å². The Bertz CT molecular complexity index is 1100. The van der Waals surface area contributed by atoms with Gasteiger partial charge < -0.3 is 9.84 Å². The third-order valence-electron chi connectivity index (χ3n) is 9.69. The number of ketones is 2. The maximum Gasteiger partial charge on any atom is 0.338 e. The van der Waals surface area contributed by atoms with Gasteiger partial charge in [-0.05, 0) is 68.1 Å². The van der Waals surface area contributed by atoms with Gasteiger partial charge in [-0.2, -0.15) is 0 Å². The molecule has 34 heavy (non-hydrogen) atoms. The normalized spacial score (nSPS) is 38.7. The summed E-state index contributed by atoms with van der Waals surface area (Å²) >= 11 is 0. The number of rotatable bonds is 4. The highest BCUT2D eigenvalue weighted by Crippen LogP contribution is 2.66. The summed E-state index contributed by atoms with van der Waals surface area (Å²) < 4.78 is 5.34. The molecule has 0 spiro atoms. The minimum Gasteiger partial charge on any atom is -0.454 e. The van der Waals surface area contributed by atoms with E-state index in [4.69, 9.17) is 4.74 Å². The van der Waals surface area contributed by atoms with Crippen LogP contribution in [0.15, 0.2) is 53.6 Å². The van der Waals surface area contributed by atoms with Gasteiger partial charge in [0.15, 0.2) is 12.4 Å². The summed E-state index contributed by atoms with van der Waals surface area (Å²) in [6.45, 7) is 5.84. The monoisotopic (exact) mass is 462 g/mol. The Hall–Kier alpha value is -2.53. The molecule has 1 aromatic rings. The fraction of sp³-hybridized carbons (Fsp3) is 0.552. The van der Waals surface area contributed by atoms with Crippen molar-refractivity contribution in [3.8, 4) is 0 Å². The van der Waals surface area contributed by atoms with Crippen LogP contribution in [-0.2, 0) is 14.3 Å². The van der Waals surface area contributed by atoms with Crippen LogP contribution < -0.4 is 0 Å². The fourth-order valence-corrected chi connectivity index (χ4v) is 7.69. The maximum atomic E-state index is 13.5. The average Bonchev–Trinajstić information content (AvgIpc) is 3.05. The van der Waals surface area contributed by atoms with E-state index < -0.39 is 29.4 Å². The molecule has 5 heteroatoms. The number of benzene rings is 1. The smallest absolute Gasteiger partial charge is 0.338 e. The Kier molecular flexibility index (Phi) is 5.47. The first kappa shape index (κ1) is 23.2. The molecule has 0 bridgehead atoms. The van der Waals surface area contributed by atoms with E-state index in [0.717, 1.165) is 25.7 Å². The number of allylic oxidation sites excluding steroid dienone is 4. The predicted octanol–water partition coefficient (Wildman–Crippen LogP) is 4.84. The molecule has 1 N–H and O–H groups in total. The first-order valence-electron chi connectivity index (χ1n) is 12.5. The highest BCUT2D eigenvalue weighted by atomic mass is 16.5. The van der Waals surface area contributed by atoms with Crippen molar-refractivity contribution in [2.75, 3.05) is 6.61 Å². The zero-order valence-corrected chi connectivity index (χ0v) is 20.3. The lowest BCUT2D eigenvalue weighted by atomic mass is 9.50. The highest BCUT2D eigenvalue weighted by molar-refractivity contribution is 5.95. The standard InChI is InChI=1S/C29H34O5/c1-18-15-24-22-10-9-20-16-21(30)11-13-27(20,2)23(22)12-14-28(24,3)29(18,33)25(31)17-34-26(32)19-7-5-4-6-8-19/h4-8,12,16,18,22,24,33H,9-11,13-15,17H2,1-3H3/t18-,22+,24-,27-,28-,29-/m0/s1. The number of hydrogen-bond donors (Lipinski definition) is 1. The molecule has 0 aliphatic heterocycles. The molecule has 5 rings (SSSR count). The number of carbonyl (C=O) groups excluding carboxylic acids is 3. The van der Waals surface area contributed by atoms with E-state index >= 15 is 0 Å². The van der Waals surface area contributed by atoms with Gasteiger partial charge in [0, 0.05) is 17.3 Å². The molecule has 0 aromatic heterocycles. The van der Waals surface area contributed by atoms with Crippen LogP contribution in [0.3, 0.4) is 0 Å². The number of aliphatic hydroxyl groups is 1. The van der Waals surface area contributed by atoms with E-state index in [0.29, 0.717) is 24.3 Å². The number of carbonyl (C=O) groups is 3. The summed E-state index contributed by atoms with van der Waals surface area (Å²) in [5, 5.41) is 12.0. The molecular weight excluding hydrogens is 428 g/mol. The zero-order valence-electron chi connectivity index (χ0n) is 20.3. The second kappa shape index (κ2) is 8.01. The molecule has 0 amide bonds. The van der Waals surface area contributed by atoms with Gasteiger partial charge in [-0.15, -0.1) is 0 Å². The van der Waals surface area contributed by atoms with Crippen molar-refractivity contribution in [1.82, 2.24) is 0 Å². The molecule has 0 unspecified atom stereocenters. The fourth-order valence-electron chi connectivity index (χ4n) is 7.69. The lowest BCUT2D eigenvalue weighted by Crippen LogP contribution is -2.57. The largest absolute Gasteiger partial charge is 0.454 e. The lowest BCUT2D eigenvalue weighted by Gasteiger charge is -2.54. The predicted molar refractivity (Wildman–Crippen MR) is 128 cm³/mol. The summed E-state index contributed by atoms with van der Waals surface area (Å²) in [7, 11) is 0. The summed E-state index contributed by atoms with van der Waals surface area (Å²) in [6, 6.07) is 8.60. The van der Waals surface area contributed by atoms with E-state index in [-0.39, 0.29) is 23.0 Å². The third kappa shape index (κ3) is 3.19. The van der Waals surface area contributed by atoms with Gasteiger partial charge in [0.1, 0.15) is 5.60 Å². The van der Waals surface area contributed by atoms with E-state index in [9.17, 15) is 19.5 Å². The Morgan fingerprint density at radius 1 is 1.15 bits per heavy atom. The summed E-state index contributed by atoms with van der Waals surface area (Å²) in [5.41, 5.74) is 0.799. The van der Waals surface area contributed by atoms with E-state index in [1.165, 1.54) is 11.1 Å². The summed E-state index contributed by atoms with van der Waals surface area (Å²) in [4.78, 5) is 37.9. The maximum absolute atomic E-state index is 13.5. The molecule has 5 nitrogen and oxygen atoms in total. The second-order valence-electron chi connectivity index (χ2n) is 11.3. The third-order valence-corrected chi connectivity index (χ3v) is 9.69. The lowest BCUT2D eigenvalue weighted by molar-refractivity contribution is -0.161. The molecule has 1 aromatic carbocycles. The second-order valence-corrected chi connectivity index (χ2v) is 11.3. The Labute approximate surface area is 201 Å². The minimum atomic E-state index is -1.55. The minimum absolute atomic E-state index is 0.0860. The molecule has 2 saturated carbocycles. The molecular formula is C29H34O5. The van der Waals surface area contributed by atoms with Gasteiger partial charge in [0.25, 0.3) is 0 Å². The van der Waals surface area contributed by atoms with Gasteiger partial charge >= 0.3 is 5.97 Å². The molecule has 0 saturated heterocycles. The van der Waals surface area contributed by atoms with Crippen LogP contribution in [0.2, 0.25) is 0 Å². The van der Waals surface area contributed by atoms with Crippen LogP contribution in [0.1, 0.15) is 69.7 Å². The van der Waals surface area contributed by atoms with E-state index in [1.807, 2.05) is 26.0 Å². The zero-order chi connectivity index (χ0) is 24.3. The van der Waals surface area contributed by atoms with Gasteiger partial charge in [0.2, 0.25) is 5.78 Å². The average molecular weight is 463 g/mol. The van der Waals surface area contributed by atoms with Crippen molar-refractivity contribution in [2.24, 2.45) is 28.6 Å².